The van der Waals surface area contributed by atoms with Crippen LogP contribution in [0.1, 0.15) is 12.0 Å². The highest BCUT2D eigenvalue weighted by Gasteiger charge is 2.29. The lowest BCUT2D eigenvalue weighted by atomic mass is 10.2. The molecule has 1 heterocycles. The van der Waals surface area contributed by atoms with Gasteiger partial charge in [0.25, 0.3) is 0 Å². The number of benzene rings is 1. The van der Waals surface area contributed by atoms with Gasteiger partial charge in [0, 0.05) is 4.47 Å². The molecule has 1 aliphatic rings. The molecule has 1 aromatic rings. The molecule has 1 saturated heterocycles. The summed E-state index contributed by atoms with van der Waals surface area (Å²) >= 11 is 3.40. The van der Waals surface area contributed by atoms with Crippen molar-refractivity contribution in [3.8, 4) is 0 Å². The third-order valence-electron chi connectivity index (χ3n) is 2.38. The van der Waals surface area contributed by atoms with Crippen molar-refractivity contribution in [2.75, 3.05) is 11.4 Å². The summed E-state index contributed by atoms with van der Waals surface area (Å²) in [6.07, 6.45) is 0.0281. The van der Waals surface area contributed by atoms with Crippen molar-refractivity contribution < 1.29 is 9.59 Å². The molecule has 78 valence electrons. The van der Waals surface area contributed by atoms with Crippen molar-refractivity contribution in [2.45, 2.75) is 13.3 Å². The summed E-state index contributed by atoms with van der Waals surface area (Å²) < 4.78 is 0.852. The van der Waals surface area contributed by atoms with Gasteiger partial charge in [-0.25, -0.2) is 0 Å². The van der Waals surface area contributed by atoms with E-state index in [-0.39, 0.29) is 24.7 Å². The molecular formula is C11H10BrNO2. The fourth-order valence-corrected chi connectivity index (χ4v) is 2.34. The molecule has 0 aromatic heterocycles. The van der Waals surface area contributed by atoms with E-state index in [0.717, 1.165) is 15.7 Å². The summed E-state index contributed by atoms with van der Waals surface area (Å²) in [6, 6.07) is 5.72. The Morgan fingerprint density at radius 1 is 1.33 bits per heavy atom. The van der Waals surface area contributed by atoms with Gasteiger partial charge in [-0.1, -0.05) is 6.07 Å². The molecule has 1 amide bonds. The van der Waals surface area contributed by atoms with Crippen LogP contribution in [0.5, 0.6) is 0 Å². The normalized spacial score (nSPS) is 16.3. The predicted molar refractivity (Wildman–Crippen MR) is 60.9 cm³/mol. The second-order valence-electron chi connectivity index (χ2n) is 3.65. The first-order valence-electron chi connectivity index (χ1n) is 4.66. The number of aryl methyl sites for hydroxylation is 1. The molecule has 0 unspecified atom stereocenters. The smallest absolute Gasteiger partial charge is 0.234 e. The van der Waals surface area contributed by atoms with E-state index < -0.39 is 0 Å². The lowest BCUT2D eigenvalue weighted by Crippen LogP contribution is -2.24. The van der Waals surface area contributed by atoms with E-state index in [4.69, 9.17) is 0 Å². The number of Topliss-reactive ketones (excluding diaryl/α,β-unsaturated/α-hetero) is 1. The zero-order chi connectivity index (χ0) is 11.0. The number of amides is 1. The molecule has 0 saturated carbocycles. The van der Waals surface area contributed by atoms with Gasteiger partial charge in [0.1, 0.15) is 0 Å². The molecular weight excluding hydrogens is 258 g/mol. The van der Waals surface area contributed by atoms with Gasteiger partial charge in [0.15, 0.2) is 5.78 Å². The minimum Gasteiger partial charge on any atom is -0.303 e. The molecule has 1 aromatic carbocycles. The second kappa shape index (κ2) is 3.77. The minimum atomic E-state index is -0.121. The van der Waals surface area contributed by atoms with Gasteiger partial charge in [0.05, 0.1) is 18.7 Å². The van der Waals surface area contributed by atoms with E-state index in [0.29, 0.717) is 0 Å². The first-order valence-corrected chi connectivity index (χ1v) is 5.45. The summed E-state index contributed by atoms with van der Waals surface area (Å²) in [4.78, 5) is 24.2. The van der Waals surface area contributed by atoms with E-state index in [2.05, 4.69) is 15.9 Å². The monoisotopic (exact) mass is 267 g/mol. The number of halogens is 1. The van der Waals surface area contributed by atoms with Crippen LogP contribution in [0.4, 0.5) is 5.69 Å². The molecule has 0 bridgehead atoms. The lowest BCUT2D eigenvalue weighted by molar-refractivity contribution is -0.121. The molecule has 0 atom stereocenters. The Bertz CT molecular complexity index is 442. The van der Waals surface area contributed by atoms with E-state index >= 15 is 0 Å². The van der Waals surface area contributed by atoms with Gasteiger partial charge in [0.2, 0.25) is 5.91 Å². The highest BCUT2D eigenvalue weighted by atomic mass is 79.9. The Morgan fingerprint density at radius 2 is 2.07 bits per heavy atom. The van der Waals surface area contributed by atoms with Crippen LogP contribution < -0.4 is 4.90 Å². The highest BCUT2D eigenvalue weighted by Crippen LogP contribution is 2.29. The van der Waals surface area contributed by atoms with Gasteiger partial charge in [-0.2, -0.15) is 0 Å². The van der Waals surface area contributed by atoms with Crippen LogP contribution >= 0.6 is 15.9 Å². The maximum atomic E-state index is 11.5. The molecule has 2 rings (SSSR count). The second-order valence-corrected chi connectivity index (χ2v) is 4.50. The summed E-state index contributed by atoms with van der Waals surface area (Å²) in [5, 5.41) is 0. The number of hydrogen-bond donors (Lipinski definition) is 0. The Balaban J connectivity index is 2.38. The highest BCUT2D eigenvalue weighted by molar-refractivity contribution is 9.10. The number of nitrogens with zero attached hydrogens (tertiary/aromatic N) is 1. The van der Waals surface area contributed by atoms with E-state index in [1.54, 1.807) is 0 Å². The Morgan fingerprint density at radius 3 is 2.60 bits per heavy atom. The van der Waals surface area contributed by atoms with Gasteiger partial charge in [-0.05, 0) is 40.5 Å². The van der Waals surface area contributed by atoms with Gasteiger partial charge in [-0.3, -0.25) is 9.59 Å². The van der Waals surface area contributed by atoms with Gasteiger partial charge < -0.3 is 4.90 Å². The van der Waals surface area contributed by atoms with Crippen LogP contribution in [-0.2, 0) is 9.59 Å². The van der Waals surface area contributed by atoms with E-state index in [1.807, 2.05) is 25.1 Å². The molecule has 1 fully saturated rings. The number of hydrogen-bond acceptors (Lipinski definition) is 2. The molecule has 0 radical (unpaired) electrons. The molecule has 4 heteroatoms. The average molecular weight is 268 g/mol. The van der Waals surface area contributed by atoms with Crippen LogP contribution in [0, 0.1) is 6.92 Å². The molecule has 0 N–H and O–H groups in total. The van der Waals surface area contributed by atoms with E-state index in [9.17, 15) is 9.59 Å². The van der Waals surface area contributed by atoms with Gasteiger partial charge >= 0.3 is 0 Å². The minimum absolute atomic E-state index is 0.0209. The predicted octanol–water partition coefficient (Wildman–Crippen LogP) is 2.06. The summed E-state index contributed by atoms with van der Waals surface area (Å²) in [6.45, 7) is 2.17. The first kappa shape index (κ1) is 10.4. The van der Waals surface area contributed by atoms with Crippen molar-refractivity contribution in [3.05, 3.63) is 28.2 Å². The van der Waals surface area contributed by atoms with Crippen LogP contribution in [-0.4, -0.2) is 18.2 Å². The Labute approximate surface area is 96.2 Å². The third kappa shape index (κ3) is 1.95. The first-order chi connectivity index (χ1) is 7.08. The van der Waals surface area contributed by atoms with Crippen LogP contribution in [0.25, 0.3) is 0 Å². The standard InChI is InChI=1S/C11H10BrNO2/c1-7-2-3-10(9(12)4-7)13-6-8(14)5-11(13)15/h2-4H,5-6H2,1H3. The molecule has 0 spiro atoms. The molecule has 0 aliphatic carbocycles. The van der Waals surface area contributed by atoms with Crippen LogP contribution in [0.2, 0.25) is 0 Å². The zero-order valence-electron chi connectivity index (χ0n) is 8.29. The number of rotatable bonds is 1. The Hall–Kier alpha value is -1.16. The summed E-state index contributed by atoms with van der Waals surface area (Å²) in [5.41, 5.74) is 1.89. The van der Waals surface area contributed by atoms with Crippen molar-refractivity contribution in [1.29, 1.82) is 0 Å². The lowest BCUT2D eigenvalue weighted by Gasteiger charge is -2.16. The fourth-order valence-electron chi connectivity index (χ4n) is 1.63. The van der Waals surface area contributed by atoms with Gasteiger partial charge in [-0.15, -0.1) is 0 Å². The maximum absolute atomic E-state index is 11.5. The average Bonchev–Trinajstić information content (AvgIpc) is 2.45. The van der Waals surface area contributed by atoms with Crippen molar-refractivity contribution in [1.82, 2.24) is 0 Å². The number of carbonyl (C=O) groups excluding carboxylic acids is 2. The zero-order valence-corrected chi connectivity index (χ0v) is 9.87. The summed E-state index contributed by atoms with van der Waals surface area (Å²) in [5.74, 6) is -0.142. The molecule has 1 aliphatic heterocycles. The molecule has 15 heavy (non-hydrogen) atoms. The quantitative estimate of drug-likeness (QED) is 0.731. The Kier molecular flexibility index (Phi) is 2.61. The van der Waals surface area contributed by atoms with Crippen molar-refractivity contribution >= 4 is 33.3 Å². The third-order valence-corrected chi connectivity index (χ3v) is 3.01. The number of ketones is 1. The molecule has 3 nitrogen and oxygen atoms in total. The van der Waals surface area contributed by atoms with Crippen LogP contribution in [0.3, 0.4) is 0 Å². The SMILES string of the molecule is Cc1ccc(N2CC(=O)CC2=O)c(Br)c1. The topological polar surface area (TPSA) is 37.4 Å². The maximum Gasteiger partial charge on any atom is 0.234 e. The number of carbonyl (C=O) groups is 2. The summed E-state index contributed by atoms with van der Waals surface area (Å²) in [7, 11) is 0. The van der Waals surface area contributed by atoms with Crippen molar-refractivity contribution in [2.24, 2.45) is 0 Å². The van der Waals surface area contributed by atoms with E-state index in [1.165, 1.54) is 4.90 Å². The van der Waals surface area contributed by atoms with Crippen molar-refractivity contribution in [3.63, 3.8) is 0 Å². The fraction of sp³-hybridized carbons (Fsp3) is 0.273. The van der Waals surface area contributed by atoms with Crippen LogP contribution in [0.15, 0.2) is 22.7 Å². The number of anilines is 1. The largest absolute Gasteiger partial charge is 0.303 e.